The van der Waals surface area contributed by atoms with Crippen LogP contribution in [0.3, 0.4) is 0 Å². The highest BCUT2D eigenvalue weighted by Crippen LogP contribution is 2.37. The molecule has 4 rings (SSSR count). The van der Waals surface area contributed by atoms with Crippen LogP contribution in [0, 0.1) is 0 Å². The summed E-state index contributed by atoms with van der Waals surface area (Å²) in [7, 11) is 0. The van der Waals surface area contributed by atoms with E-state index < -0.39 is 23.5 Å². The van der Waals surface area contributed by atoms with Crippen LogP contribution >= 0.6 is 0 Å². The first kappa shape index (κ1) is 29.3. The molecule has 0 fully saturated rings. The van der Waals surface area contributed by atoms with Crippen molar-refractivity contribution in [2.75, 3.05) is 18.4 Å². The molecule has 2 heterocycles. The Bertz CT molecular complexity index is 1450. The van der Waals surface area contributed by atoms with Crippen LogP contribution in [0.2, 0.25) is 0 Å². The number of anilines is 2. The molecule has 11 heteroatoms. The van der Waals surface area contributed by atoms with Gasteiger partial charge in [-0.2, -0.15) is 26.3 Å². The third-order valence-electron chi connectivity index (χ3n) is 6.70. The zero-order valence-corrected chi connectivity index (χ0v) is 22.2. The number of alkyl halides is 6. The summed E-state index contributed by atoms with van der Waals surface area (Å²) in [4.78, 5) is 15.6. The van der Waals surface area contributed by atoms with Crippen molar-refractivity contribution in [2.45, 2.75) is 52.0 Å². The van der Waals surface area contributed by atoms with Crippen LogP contribution in [-0.2, 0) is 12.4 Å². The second-order valence-corrected chi connectivity index (χ2v) is 9.42. The molecule has 1 atom stereocenters. The highest BCUT2D eigenvalue weighted by molar-refractivity contribution is 5.93. The van der Waals surface area contributed by atoms with Crippen LogP contribution in [0.25, 0.3) is 22.2 Å². The lowest BCUT2D eigenvalue weighted by molar-refractivity contribution is -0.138. The maximum Gasteiger partial charge on any atom is 0.418 e. The molecule has 2 aromatic carbocycles. The summed E-state index contributed by atoms with van der Waals surface area (Å²) < 4.78 is 80.3. The monoisotopic (exact) mass is 561 g/mol. The number of hydrogen-bond donors (Lipinski definition) is 1. The summed E-state index contributed by atoms with van der Waals surface area (Å²) in [5.74, 6) is 0.774. The first-order valence-corrected chi connectivity index (χ1v) is 12.9. The molecule has 1 unspecified atom stereocenters. The molecule has 5 nitrogen and oxygen atoms in total. The smallest absolute Gasteiger partial charge is 0.340 e. The molecule has 1 N–H and O–H groups in total. The Kier molecular flexibility index (Phi) is 8.62. The van der Waals surface area contributed by atoms with E-state index in [4.69, 9.17) is 9.97 Å². The van der Waals surface area contributed by atoms with Gasteiger partial charge in [0.15, 0.2) is 0 Å². The minimum atomic E-state index is -4.60. The molecule has 0 saturated heterocycles. The fourth-order valence-corrected chi connectivity index (χ4v) is 4.47. The molecule has 0 radical (unpaired) electrons. The van der Waals surface area contributed by atoms with E-state index in [0.29, 0.717) is 28.2 Å². The zero-order chi connectivity index (χ0) is 29.1. The fourth-order valence-electron chi connectivity index (χ4n) is 4.47. The number of hydrogen-bond acceptors (Lipinski definition) is 5. The molecule has 0 bridgehead atoms. The van der Waals surface area contributed by atoms with E-state index in [-0.39, 0.29) is 17.3 Å². The van der Waals surface area contributed by atoms with Crippen molar-refractivity contribution in [1.29, 1.82) is 0 Å². The maximum absolute atomic E-state index is 13.7. The average molecular weight is 562 g/mol. The van der Waals surface area contributed by atoms with E-state index in [9.17, 15) is 26.3 Å². The van der Waals surface area contributed by atoms with Crippen LogP contribution in [0.1, 0.15) is 56.6 Å². The van der Waals surface area contributed by atoms with Gasteiger partial charge in [-0.25, -0.2) is 9.97 Å². The van der Waals surface area contributed by atoms with Gasteiger partial charge in [0.05, 0.1) is 28.4 Å². The molecular formula is C29H29F6N5. The fraction of sp³-hybridized carbons (Fsp3) is 0.345. The zero-order valence-electron chi connectivity index (χ0n) is 22.2. The Morgan fingerprint density at radius 3 is 2.25 bits per heavy atom. The Morgan fingerprint density at radius 2 is 1.62 bits per heavy atom. The number of nitrogens with zero attached hydrogens (tertiary/aromatic N) is 4. The minimum absolute atomic E-state index is 0.222. The Morgan fingerprint density at radius 1 is 0.900 bits per heavy atom. The van der Waals surface area contributed by atoms with Gasteiger partial charge in [-0.15, -0.1) is 0 Å². The third-order valence-corrected chi connectivity index (χ3v) is 6.70. The lowest BCUT2D eigenvalue weighted by Crippen LogP contribution is -2.29. The largest absolute Gasteiger partial charge is 0.418 e. The molecule has 4 aromatic rings. The molecule has 0 aliphatic carbocycles. The summed E-state index contributed by atoms with van der Waals surface area (Å²) in [5, 5.41) is 3.58. The number of nitrogens with one attached hydrogen (secondary N) is 1. The van der Waals surface area contributed by atoms with Gasteiger partial charge in [-0.3, -0.25) is 9.88 Å². The average Bonchev–Trinajstić information content (AvgIpc) is 2.92. The van der Waals surface area contributed by atoms with Crippen LogP contribution < -0.4 is 5.32 Å². The topological polar surface area (TPSA) is 53.9 Å². The van der Waals surface area contributed by atoms with Gasteiger partial charge in [0, 0.05) is 22.8 Å². The van der Waals surface area contributed by atoms with Crippen molar-refractivity contribution in [3.05, 3.63) is 77.7 Å². The molecule has 0 spiro atoms. The Balaban J connectivity index is 1.83. The third kappa shape index (κ3) is 6.52. The second-order valence-electron chi connectivity index (χ2n) is 9.42. The van der Waals surface area contributed by atoms with E-state index in [1.54, 1.807) is 6.07 Å². The number of benzene rings is 2. The van der Waals surface area contributed by atoms with Crippen molar-refractivity contribution in [2.24, 2.45) is 0 Å². The lowest BCUT2D eigenvalue weighted by atomic mass is 10.0. The van der Waals surface area contributed by atoms with Crippen molar-refractivity contribution < 1.29 is 26.3 Å². The first-order valence-electron chi connectivity index (χ1n) is 12.9. The first-order chi connectivity index (χ1) is 18.9. The van der Waals surface area contributed by atoms with Gasteiger partial charge in [-0.1, -0.05) is 26.3 Å². The summed E-state index contributed by atoms with van der Waals surface area (Å²) in [5.41, 5.74) is -0.879. The van der Waals surface area contributed by atoms with E-state index in [1.165, 1.54) is 36.5 Å². The quantitative estimate of drug-likeness (QED) is 0.207. The molecule has 0 aliphatic rings. The van der Waals surface area contributed by atoms with E-state index >= 15 is 0 Å². The minimum Gasteiger partial charge on any atom is -0.340 e. The van der Waals surface area contributed by atoms with E-state index in [1.807, 2.05) is 13.8 Å². The van der Waals surface area contributed by atoms with Crippen molar-refractivity contribution in [1.82, 2.24) is 19.9 Å². The van der Waals surface area contributed by atoms with E-state index in [2.05, 4.69) is 22.1 Å². The molecule has 0 saturated carbocycles. The highest BCUT2D eigenvalue weighted by Gasteiger charge is 2.34. The predicted octanol–water partition coefficient (Wildman–Crippen LogP) is 8.66. The Labute approximate surface area is 228 Å². The SMILES string of the molecule is CCCCN(CC)C(C)c1nc(Nc2ccc(C(F)(F)F)cc2)c2ccc(-c3ncccc3C(F)(F)F)cc2n1. The lowest BCUT2D eigenvalue weighted by Gasteiger charge is -2.27. The van der Waals surface area contributed by atoms with Gasteiger partial charge >= 0.3 is 12.4 Å². The number of rotatable bonds is 9. The number of fused-ring (bicyclic) bond motifs is 1. The second kappa shape index (κ2) is 11.8. The molecule has 0 amide bonds. The van der Waals surface area contributed by atoms with Crippen molar-refractivity contribution in [3.8, 4) is 11.3 Å². The Hall–Kier alpha value is -3.73. The summed E-state index contributed by atoms with van der Waals surface area (Å²) in [6.07, 6.45) is -5.81. The highest BCUT2D eigenvalue weighted by atomic mass is 19.4. The van der Waals surface area contributed by atoms with Crippen LogP contribution in [-0.4, -0.2) is 32.9 Å². The van der Waals surface area contributed by atoms with Gasteiger partial charge in [0.1, 0.15) is 11.6 Å². The number of pyridine rings is 1. The predicted molar refractivity (Wildman–Crippen MR) is 143 cm³/mol. The number of unbranched alkanes of at least 4 members (excludes halogenated alkanes) is 1. The van der Waals surface area contributed by atoms with E-state index in [0.717, 1.165) is 44.1 Å². The molecule has 212 valence electrons. The summed E-state index contributed by atoms with van der Waals surface area (Å²) >= 11 is 0. The molecule has 0 aliphatic heterocycles. The van der Waals surface area contributed by atoms with Crippen LogP contribution in [0.4, 0.5) is 37.8 Å². The number of aromatic nitrogens is 3. The van der Waals surface area contributed by atoms with Gasteiger partial charge < -0.3 is 5.32 Å². The van der Waals surface area contributed by atoms with Crippen LogP contribution in [0.5, 0.6) is 0 Å². The molecular weight excluding hydrogens is 532 g/mol. The van der Waals surface area contributed by atoms with Gasteiger partial charge in [0.25, 0.3) is 0 Å². The van der Waals surface area contributed by atoms with Gasteiger partial charge in [0.2, 0.25) is 0 Å². The normalized spacial score (nSPS) is 13.2. The summed E-state index contributed by atoms with van der Waals surface area (Å²) in [6, 6.07) is 11.2. The van der Waals surface area contributed by atoms with Gasteiger partial charge in [-0.05, 0) is 75.0 Å². The van der Waals surface area contributed by atoms with Crippen LogP contribution in [0.15, 0.2) is 60.8 Å². The standard InChI is InChI=1S/C29H29F6N5/c1-4-6-16-40(5-2)18(3)26-38-24-17-19(25-23(29(33,34)35)8-7-15-36-25)9-14-22(24)27(39-26)37-21-12-10-20(11-13-21)28(30,31)32/h7-15,17-18H,4-6,16H2,1-3H3,(H,37,38,39). The number of halogens is 6. The molecule has 40 heavy (non-hydrogen) atoms. The molecule has 2 aromatic heterocycles. The van der Waals surface area contributed by atoms with Crippen molar-refractivity contribution in [3.63, 3.8) is 0 Å². The summed E-state index contributed by atoms with van der Waals surface area (Å²) in [6.45, 7) is 7.60. The van der Waals surface area contributed by atoms with Crippen molar-refractivity contribution >= 4 is 22.4 Å². The maximum atomic E-state index is 13.7.